The lowest BCUT2D eigenvalue weighted by Crippen LogP contribution is -2.27. The summed E-state index contributed by atoms with van der Waals surface area (Å²) in [6, 6.07) is 11.7. The fraction of sp³-hybridized carbons (Fsp3) is 0.382. The Labute approximate surface area is 588 Å². The van der Waals surface area contributed by atoms with E-state index in [0.29, 0.717) is 90.5 Å². The van der Waals surface area contributed by atoms with Gasteiger partial charge < -0.3 is 58.7 Å². The lowest BCUT2D eigenvalue weighted by Gasteiger charge is -2.13. The SMILES string of the molecule is CC(C)NCCC(=O)Nc1sc2c(c1-c1nc(C(=O)Nc3cccnc3)cs1)CCCC2.CC(C)NCCC(=O)Nc1sc2c(c1-c1nc(C(=O)Nc3cccnc3)cs1)CCNC2.CC(C)NCCC(=O)Nc1sc2c(c1-c1nc(C(=O)O)cs1)CCCC2.Nc1cccnc1. The van der Waals surface area contributed by atoms with E-state index in [0.717, 1.165) is 113 Å². The van der Waals surface area contributed by atoms with Gasteiger partial charge in [0.2, 0.25) is 17.7 Å². The molecule has 0 fully saturated rings. The number of pyridine rings is 3. The monoisotopic (exact) mass is 1430 g/mol. The summed E-state index contributed by atoms with van der Waals surface area (Å²) in [5.74, 6) is -1.65. The summed E-state index contributed by atoms with van der Waals surface area (Å²) in [4.78, 5) is 103. The van der Waals surface area contributed by atoms with Crippen LogP contribution in [0.3, 0.4) is 0 Å². The second-order valence-corrected chi connectivity index (χ2v) is 29.7. The molecule has 2 aliphatic carbocycles. The zero-order valence-corrected chi connectivity index (χ0v) is 59.9. The zero-order valence-electron chi connectivity index (χ0n) is 55.0. The maximum Gasteiger partial charge on any atom is 0.355 e. The summed E-state index contributed by atoms with van der Waals surface area (Å²) in [5, 5.41) is 47.0. The molecule has 9 aromatic heterocycles. The number of thiazole rings is 3. The zero-order chi connectivity index (χ0) is 68.8. The van der Waals surface area contributed by atoms with Crippen molar-refractivity contribution in [3.63, 3.8) is 0 Å². The Balaban J connectivity index is 0.000000163. The van der Waals surface area contributed by atoms with Crippen LogP contribution in [0.2, 0.25) is 0 Å². The Bertz CT molecular complexity index is 3910. The van der Waals surface area contributed by atoms with Gasteiger partial charge in [-0.2, -0.15) is 0 Å². The molecule has 0 saturated carbocycles. The van der Waals surface area contributed by atoms with Crippen LogP contribution in [0.25, 0.3) is 31.7 Å². The van der Waals surface area contributed by atoms with E-state index in [4.69, 9.17) is 10.8 Å². The number of amides is 5. The van der Waals surface area contributed by atoms with E-state index in [-0.39, 0.29) is 35.2 Å². The van der Waals surface area contributed by atoms with Gasteiger partial charge in [-0.15, -0.1) is 68.0 Å². The first-order chi connectivity index (χ1) is 46.9. The Hall–Kier alpha value is -8.10. The molecule has 0 radical (unpaired) electrons. The minimum Gasteiger partial charge on any atom is -0.476 e. The van der Waals surface area contributed by atoms with Gasteiger partial charge in [-0.1, -0.05) is 41.5 Å². The van der Waals surface area contributed by atoms with E-state index in [2.05, 4.69) is 105 Å². The second kappa shape index (κ2) is 36.5. The predicted molar refractivity (Wildman–Crippen MR) is 394 cm³/mol. The van der Waals surface area contributed by atoms with Gasteiger partial charge in [0.15, 0.2) is 5.69 Å². The average Bonchev–Trinajstić information content (AvgIpc) is 1.65. The average molecular weight is 1430 g/mol. The van der Waals surface area contributed by atoms with E-state index in [1.807, 2.05) is 13.8 Å². The highest BCUT2D eigenvalue weighted by Crippen LogP contribution is 2.48. The molecule has 29 heteroatoms. The molecule has 0 unspecified atom stereocenters. The molecule has 0 aromatic carbocycles. The number of carbonyl (C=O) groups excluding carboxylic acids is 5. The van der Waals surface area contributed by atoms with Crippen LogP contribution in [0.15, 0.2) is 89.7 Å². The number of carboxylic acid groups (broad SMARTS) is 1. The predicted octanol–water partition coefficient (Wildman–Crippen LogP) is 12.7. The second-order valence-electron chi connectivity index (χ2n) is 23.8. The third-order valence-corrected chi connectivity index (χ3v) is 21.2. The first-order valence-electron chi connectivity index (χ1n) is 32.3. The van der Waals surface area contributed by atoms with Crippen LogP contribution in [-0.4, -0.2) is 115 Å². The van der Waals surface area contributed by atoms with Crippen molar-refractivity contribution < 1.29 is 33.9 Å². The molecule has 9 aromatic rings. The first-order valence-corrected chi connectivity index (χ1v) is 37.4. The van der Waals surface area contributed by atoms with Crippen LogP contribution in [0.4, 0.5) is 32.1 Å². The Morgan fingerprint density at radius 2 is 0.876 bits per heavy atom. The molecular formula is C68H82N16O7S6. The minimum absolute atomic E-state index is 0.0101. The molecule has 1 aliphatic heterocycles. The van der Waals surface area contributed by atoms with Crippen molar-refractivity contribution in [2.75, 3.05) is 58.5 Å². The maximum absolute atomic E-state index is 12.7. The van der Waals surface area contributed by atoms with Crippen LogP contribution >= 0.6 is 68.0 Å². The van der Waals surface area contributed by atoms with Crippen molar-refractivity contribution in [3.8, 4) is 31.7 Å². The van der Waals surface area contributed by atoms with E-state index in [9.17, 15) is 28.8 Å². The van der Waals surface area contributed by atoms with Crippen LogP contribution in [0.5, 0.6) is 0 Å². The number of carbonyl (C=O) groups is 6. The molecule has 0 atom stereocenters. The van der Waals surface area contributed by atoms with Crippen LogP contribution < -0.4 is 53.6 Å². The van der Waals surface area contributed by atoms with Crippen molar-refractivity contribution in [1.29, 1.82) is 0 Å². The van der Waals surface area contributed by atoms with Gasteiger partial charge in [-0.05, 0) is 117 Å². The number of nitrogens with two attached hydrogens (primary N) is 1. The highest BCUT2D eigenvalue weighted by molar-refractivity contribution is 7.20. The summed E-state index contributed by atoms with van der Waals surface area (Å²) in [6.45, 7) is 15.9. The normalized spacial score (nSPS) is 12.9. The maximum atomic E-state index is 12.7. The number of aromatic carboxylic acids is 1. The number of aromatic nitrogens is 6. The van der Waals surface area contributed by atoms with Gasteiger partial charge in [0, 0.05) is 136 Å². The molecule has 12 N–H and O–H groups in total. The molecule has 12 rings (SSSR count). The number of hydrogen-bond acceptors (Lipinski definition) is 23. The topological polar surface area (TPSA) is 334 Å². The third-order valence-electron chi connectivity index (χ3n) is 15.1. The number of nitrogens with zero attached hydrogens (tertiary/aromatic N) is 6. The number of thiophene rings is 3. The van der Waals surface area contributed by atoms with Crippen molar-refractivity contribution in [3.05, 3.63) is 138 Å². The molecule has 5 amide bonds. The first kappa shape index (κ1) is 73.2. The highest BCUT2D eigenvalue weighted by Gasteiger charge is 2.29. The smallest absolute Gasteiger partial charge is 0.355 e. The number of nitrogen functional groups attached to an aromatic ring is 1. The minimum atomic E-state index is -1.03. The van der Waals surface area contributed by atoms with Crippen molar-refractivity contribution in [2.45, 2.75) is 143 Å². The van der Waals surface area contributed by atoms with Gasteiger partial charge in [0.1, 0.15) is 41.4 Å². The molecule has 0 bridgehead atoms. The number of carboxylic acids is 1. The summed E-state index contributed by atoms with van der Waals surface area (Å²) < 4.78 is 0. The van der Waals surface area contributed by atoms with Gasteiger partial charge >= 0.3 is 5.97 Å². The van der Waals surface area contributed by atoms with E-state index in [1.165, 1.54) is 65.3 Å². The number of nitrogens with one attached hydrogen (secondary N) is 9. The molecule has 512 valence electrons. The number of hydrogen-bond donors (Lipinski definition) is 11. The van der Waals surface area contributed by atoms with Crippen molar-refractivity contribution >= 4 is 136 Å². The van der Waals surface area contributed by atoms with Gasteiger partial charge in [0.05, 0.1) is 29.5 Å². The third kappa shape index (κ3) is 21.4. The summed E-state index contributed by atoms with van der Waals surface area (Å²) in [6.07, 6.45) is 20.4. The molecule has 0 saturated heterocycles. The van der Waals surface area contributed by atoms with E-state index < -0.39 is 5.97 Å². The highest BCUT2D eigenvalue weighted by atomic mass is 32.1. The van der Waals surface area contributed by atoms with Gasteiger partial charge in [-0.3, -0.25) is 38.9 Å². The molecule has 10 heterocycles. The number of anilines is 6. The van der Waals surface area contributed by atoms with Crippen LogP contribution in [-0.2, 0) is 53.0 Å². The van der Waals surface area contributed by atoms with E-state index >= 15 is 0 Å². The number of fused-ring (bicyclic) bond motifs is 3. The lowest BCUT2D eigenvalue weighted by molar-refractivity contribution is -0.116. The summed E-state index contributed by atoms with van der Waals surface area (Å²) in [7, 11) is 0. The molecule has 97 heavy (non-hydrogen) atoms. The Morgan fingerprint density at radius 3 is 1.24 bits per heavy atom. The van der Waals surface area contributed by atoms with Crippen LogP contribution in [0, 0.1) is 0 Å². The Morgan fingerprint density at radius 1 is 0.495 bits per heavy atom. The number of aryl methyl sites for hydroxylation is 2. The van der Waals surface area contributed by atoms with Crippen molar-refractivity contribution in [1.82, 2.24) is 51.2 Å². The summed E-state index contributed by atoms with van der Waals surface area (Å²) >= 11 is 9.03. The Kier molecular flexibility index (Phi) is 27.5. The standard InChI is InChI=1S/C23H27N5O2S2.C22H26N6O2S2.C18H23N3O3S2.C5H6N2/c1-14(2)25-11-9-19(29)28-23-20(16-7-3-4-8-18(16)32-23)22-27-17(13-31-22)21(30)26-15-6-5-10-24-12-15;1-13(2)25-9-6-18(29)28-22-19(15-5-8-24-11-17(15)32-22)21-27-16(12-31-21)20(30)26-14-4-3-7-23-10-14;1-10(2)19-8-7-14(22)21-17-15(11-5-3-4-6-13(11)26-17)16-20-12(9-25-16)18(23)24;6-5-2-1-3-7-4-5/h5-6,10,12-14,25H,3-4,7-9,11H2,1-2H3,(H,26,30)(H,28,29);3-4,7,10,12-13,24-25H,5-6,8-9,11H2,1-2H3,(H,26,30)(H,28,29);9-10,19H,3-8H2,1-2H3,(H,21,22)(H,23,24);1-4H,6H2. The van der Waals surface area contributed by atoms with Crippen LogP contribution in [0.1, 0.15) is 149 Å². The fourth-order valence-corrected chi connectivity index (χ4v) is 17.2. The quantitative estimate of drug-likeness (QED) is 0.0283. The molecular weight excluding hydrogens is 1350 g/mol. The number of rotatable bonds is 23. The molecule has 3 aliphatic rings. The molecule has 0 spiro atoms. The largest absolute Gasteiger partial charge is 0.476 e. The van der Waals surface area contributed by atoms with Crippen molar-refractivity contribution in [2.24, 2.45) is 0 Å². The molecule has 23 nitrogen and oxygen atoms in total. The van der Waals surface area contributed by atoms with Gasteiger partial charge in [0.25, 0.3) is 11.8 Å². The summed E-state index contributed by atoms with van der Waals surface area (Å²) in [5.41, 5.74) is 14.6. The van der Waals surface area contributed by atoms with E-state index in [1.54, 1.807) is 124 Å². The fourth-order valence-electron chi connectivity index (χ4n) is 10.5. The van der Waals surface area contributed by atoms with Gasteiger partial charge in [-0.25, -0.2) is 19.7 Å². The lowest BCUT2D eigenvalue weighted by atomic mass is 9.95.